The number of nitrogens with one attached hydrogen (secondary N) is 1. The zero-order chi connectivity index (χ0) is 38.2. The minimum atomic E-state index is -0.00360. The van der Waals surface area contributed by atoms with Crippen LogP contribution in [0.15, 0.2) is 212 Å². The van der Waals surface area contributed by atoms with Crippen LogP contribution in [0.5, 0.6) is 0 Å². The van der Waals surface area contributed by atoms with Crippen molar-refractivity contribution in [1.82, 2.24) is 10.3 Å². The fourth-order valence-corrected chi connectivity index (χ4v) is 9.84. The number of hydrogen-bond donors (Lipinski definition) is 1. The Balaban J connectivity index is 1.14. The van der Waals surface area contributed by atoms with Gasteiger partial charge in [0.15, 0.2) is 0 Å². The van der Waals surface area contributed by atoms with E-state index in [2.05, 4.69) is 206 Å². The fraction of sp³-hybridized carbons (Fsp3) is 0.0179. The summed E-state index contributed by atoms with van der Waals surface area (Å²) in [5, 5.41) is 17.3. The van der Waals surface area contributed by atoms with E-state index in [1.54, 1.807) is 0 Å². The Kier molecular flexibility index (Phi) is 7.33. The van der Waals surface area contributed by atoms with Gasteiger partial charge in [0.25, 0.3) is 0 Å². The van der Waals surface area contributed by atoms with Gasteiger partial charge in [-0.3, -0.25) is 4.98 Å². The Bertz CT molecular complexity index is 3490. The largest absolute Gasteiger partial charge is 0.380 e. The van der Waals surface area contributed by atoms with E-state index < -0.39 is 0 Å². The molecule has 1 aliphatic carbocycles. The SMILES string of the molecule is C1=CNC2C(=C1)C(c1ccc(-c3c4ccccc4c(-c4ccc5ccccc5c4)c4ncccc34)c3ccccc13)=c1ccccc1=C2c1ccc2ccccc2c1. The van der Waals surface area contributed by atoms with Crippen LogP contribution in [0.2, 0.25) is 0 Å². The first-order valence-corrected chi connectivity index (χ1v) is 20.1. The van der Waals surface area contributed by atoms with E-state index in [4.69, 9.17) is 4.98 Å². The van der Waals surface area contributed by atoms with E-state index in [-0.39, 0.29) is 6.04 Å². The summed E-state index contributed by atoms with van der Waals surface area (Å²) in [5.41, 5.74) is 12.1. The quantitative estimate of drug-likeness (QED) is 0.182. The van der Waals surface area contributed by atoms with Crippen molar-refractivity contribution in [3.63, 3.8) is 0 Å². The highest BCUT2D eigenvalue weighted by Crippen LogP contribution is 2.46. The molecule has 0 bridgehead atoms. The highest BCUT2D eigenvalue weighted by atomic mass is 14.9. The number of nitrogens with zero attached hydrogens (tertiary/aromatic N) is 1. The highest BCUT2D eigenvalue weighted by Gasteiger charge is 2.30. The first-order chi connectivity index (χ1) is 28.8. The van der Waals surface area contributed by atoms with Gasteiger partial charge in [-0.15, -0.1) is 0 Å². The van der Waals surface area contributed by atoms with Gasteiger partial charge < -0.3 is 5.32 Å². The second-order valence-corrected chi connectivity index (χ2v) is 15.4. The lowest BCUT2D eigenvalue weighted by molar-refractivity contribution is 0.809. The molecule has 0 amide bonds. The molecular formula is C56H36N2. The zero-order valence-electron chi connectivity index (χ0n) is 31.7. The Morgan fingerprint density at radius 1 is 0.431 bits per heavy atom. The Morgan fingerprint density at radius 3 is 1.76 bits per heavy atom. The van der Waals surface area contributed by atoms with Crippen LogP contribution in [0.1, 0.15) is 11.1 Å². The summed E-state index contributed by atoms with van der Waals surface area (Å²) < 4.78 is 0. The highest BCUT2D eigenvalue weighted by molar-refractivity contribution is 6.23. The third kappa shape index (κ3) is 4.95. The standard InChI is InChI=1S/C56H36N2/c1-3-15-37-33-39(27-25-35(37)13-1)51-43-19-7-9-21-45(43)53(49-23-11-31-57-55(49)51)47-29-30-48(42-18-6-5-17-41(42)47)54-46-22-10-8-20-44(46)52(56-50(54)24-12-32-58-56)40-28-26-36-14-2-4-16-38(36)34-40/h1-34,55,57H. The predicted molar refractivity (Wildman–Crippen MR) is 244 cm³/mol. The molecule has 0 spiro atoms. The molecular weight excluding hydrogens is 701 g/mol. The molecule has 0 saturated carbocycles. The van der Waals surface area contributed by atoms with Gasteiger partial charge in [-0.05, 0) is 129 Å². The van der Waals surface area contributed by atoms with Gasteiger partial charge in [-0.1, -0.05) is 170 Å². The van der Waals surface area contributed by atoms with Gasteiger partial charge in [0, 0.05) is 17.1 Å². The van der Waals surface area contributed by atoms with Crippen LogP contribution in [-0.4, -0.2) is 11.0 Å². The molecule has 0 radical (unpaired) electrons. The lowest BCUT2D eigenvalue weighted by Crippen LogP contribution is -2.44. The van der Waals surface area contributed by atoms with E-state index in [0.29, 0.717) is 0 Å². The van der Waals surface area contributed by atoms with Crippen molar-refractivity contribution in [1.29, 1.82) is 0 Å². The molecule has 2 nitrogen and oxygen atoms in total. The molecule has 270 valence electrons. The van der Waals surface area contributed by atoms with E-state index in [0.717, 1.165) is 10.9 Å². The summed E-state index contributed by atoms with van der Waals surface area (Å²) in [6.45, 7) is 0. The van der Waals surface area contributed by atoms with Crippen LogP contribution >= 0.6 is 0 Å². The van der Waals surface area contributed by atoms with E-state index in [9.17, 15) is 0 Å². The topological polar surface area (TPSA) is 24.9 Å². The molecule has 10 aromatic rings. The van der Waals surface area contributed by atoms with Gasteiger partial charge >= 0.3 is 0 Å². The van der Waals surface area contributed by atoms with E-state index in [1.807, 2.05) is 6.20 Å². The predicted octanol–water partition coefficient (Wildman–Crippen LogP) is 12.0. The van der Waals surface area contributed by atoms with Crippen molar-refractivity contribution in [3.8, 4) is 22.3 Å². The van der Waals surface area contributed by atoms with Crippen molar-refractivity contribution >= 4 is 65.1 Å². The minimum Gasteiger partial charge on any atom is -0.380 e. The third-order valence-electron chi connectivity index (χ3n) is 12.4. The molecule has 0 fully saturated rings. The summed E-state index contributed by atoms with van der Waals surface area (Å²) in [5.74, 6) is 0. The van der Waals surface area contributed by atoms with Crippen LogP contribution in [0.3, 0.4) is 0 Å². The molecule has 58 heavy (non-hydrogen) atoms. The number of hydrogen-bond acceptors (Lipinski definition) is 2. The van der Waals surface area contributed by atoms with Crippen molar-refractivity contribution < 1.29 is 0 Å². The average molecular weight is 737 g/mol. The summed E-state index contributed by atoms with van der Waals surface area (Å²) in [6, 6.07) is 66.8. The maximum atomic E-state index is 5.14. The molecule has 1 aliphatic heterocycles. The summed E-state index contributed by atoms with van der Waals surface area (Å²) >= 11 is 0. The van der Waals surface area contributed by atoms with Gasteiger partial charge in [0.2, 0.25) is 0 Å². The zero-order valence-corrected chi connectivity index (χ0v) is 31.7. The lowest BCUT2D eigenvalue weighted by atomic mass is 9.77. The lowest BCUT2D eigenvalue weighted by Gasteiger charge is -2.32. The Labute approximate surface area is 336 Å². The van der Waals surface area contributed by atoms with Crippen molar-refractivity contribution in [2.75, 3.05) is 0 Å². The Morgan fingerprint density at radius 2 is 1.00 bits per heavy atom. The maximum absolute atomic E-state index is 5.14. The second kappa shape index (κ2) is 13.0. The number of aromatic nitrogens is 1. The molecule has 9 aromatic carbocycles. The number of rotatable bonds is 4. The first-order valence-electron chi connectivity index (χ1n) is 20.1. The van der Waals surface area contributed by atoms with Crippen LogP contribution in [0.4, 0.5) is 0 Å². The monoisotopic (exact) mass is 736 g/mol. The van der Waals surface area contributed by atoms with Crippen LogP contribution in [0.25, 0.3) is 87.4 Å². The maximum Gasteiger partial charge on any atom is 0.0792 e. The number of pyridine rings is 1. The van der Waals surface area contributed by atoms with Gasteiger partial charge in [-0.25, -0.2) is 0 Å². The second-order valence-electron chi connectivity index (χ2n) is 15.4. The van der Waals surface area contributed by atoms with Crippen LogP contribution in [-0.2, 0) is 0 Å². The first kappa shape index (κ1) is 32.7. The molecule has 1 N–H and O–H groups in total. The summed E-state index contributed by atoms with van der Waals surface area (Å²) in [6.07, 6.45) is 8.49. The number of fused-ring (bicyclic) bond motifs is 7. The molecule has 1 atom stereocenters. The van der Waals surface area contributed by atoms with Crippen LogP contribution in [0, 0.1) is 0 Å². The number of dihydropyridines is 1. The molecule has 0 saturated heterocycles. The molecule has 2 aliphatic rings. The third-order valence-corrected chi connectivity index (χ3v) is 12.4. The van der Waals surface area contributed by atoms with Gasteiger partial charge in [0.1, 0.15) is 0 Å². The van der Waals surface area contributed by atoms with Crippen LogP contribution < -0.4 is 15.8 Å². The fourth-order valence-electron chi connectivity index (χ4n) is 9.84. The van der Waals surface area contributed by atoms with Crippen molar-refractivity contribution in [3.05, 3.63) is 234 Å². The summed E-state index contributed by atoms with van der Waals surface area (Å²) in [4.78, 5) is 5.14. The smallest absolute Gasteiger partial charge is 0.0792 e. The van der Waals surface area contributed by atoms with Crippen molar-refractivity contribution in [2.45, 2.75) is 6.04 Å². The summed E-state index contributed by atoms with van der Waals surface area (Å²) in [7, 11) is 0. The molecule has 12 rings (SSSR count). The normalized spacial score (nSPS) is 14.8. The van der Waals surface area contributed by atoms with E-state index >= 15 is 0 Å². The number of benzene rings is 9. The molecule has 2 heterocycles. The average Bonchev–Trinajstić information content (AvgIpc) is 3.29. The van der Waals surface area contributed by atoms with E-state index in [1.165, 1.54) is 104 Å². The van der Waals surface area contributed by atoms with Gasteiger partial charge in [-0.2, -0.15) is 0 Å². The number of allylic oxidation sites excluding steroid dienone is 2. The molecule has 2 heteroatoms. The van der Waals surface area contributed by atoms with Crippen molar-refractivity contribution in [2.24, 2.45) is 0 Å². The molecule has 1 unspecified atom stereocenters. The van der Waals surface area contributed by atoms with Gasteiger partial charge in [0.05, 0.1) is 11.6 Å². The molecule has 1 aromatic heterocycles. The minimum absolute atomic E-state index is 0.00360. The Hall–Kier alpha value is -7.55.